The van der Waals surface area contributed by atoms with Crippen LogP contribution in [0.2, 0.25) is 0 Å². The van der Waals surface area contributed by atoms with Crippen LogP contribution >= 0.6 is 0 Å². The maximum atomic E-state index is 12.5. The van der Waals surface area contributed by atoms with Gasteiger partial charge in [0.25, 0.3) is 0 Å². The second-order valence-corrected chi connectivity index (χ2v) is 5.27. The predicted molar refractivity (Wildman–Crippen MR) is 73.6 cm³/mol. The molecule has 0 bridgehead atoms. The maximum Gasteiger partial charge on any atom is 0.415 e. The number of ether oxygens (including phenoxy) is 1. The van der Waals surface area contributed by atoms with Crippen LogP contribution in [0.5, 0.6) is 0 Å². The molecule has 1 aromatic rings. The maximum absolute atomic E-state index is 12.5. The number of alkyl halides is 3. The molecule has 0 aliphatic carbocycles. The first-order chi connectivity index (χ1) is 10.4. The first kappa shape index (κ1) is 16.9. The third-order valence-corrected chi connectivity index (χ3v) is 3.65. The monoisotopic (exact) mass is 317 g/mol. The third kappa shape index (κ3) is 4.53. The van der Waals surface area contributed by atoms with Gasteiger partial charge in [-0.05, 0) is 0 Å². The summed E-state index contributed by atoms with van der Waals surface area (Å²) in [5.41, 5.74) is 0.518. The van der Waals surface area contributed by atoms with Crippen LogP contribution in [0.4, 0.5) is 13.2 Å². The predicted octanol–water partition coefficient (Wildman–Crippen LogP) is 1.88. The number of benzene rings is 1. The van der Waals surface area contributed by atoms with E-state index in [9.17, 15) is 23.1 Å². The van der Waals surface area contributed by atoms with Gasteiger partial charge >= 0.3 is 6.18 Å². The van der Waals surface area contributed by atoms with Crippen LogP contribution in [0.1, 0.15) is 16.8 Å². The third-order valence-electron chi connectivity index (χ3n) is 3.65. The van der Waals surface area contributed by atoms with Crippen molar-refractivity contribution in [1.82, 2.24) is 4.90 Å². The highest BCUT2D eigenvalue weighted by Gasteiger charge is 2.40. The first-order valence-corrected chi connectivity index (χ1v) is 7.02. The van der Waals surface area contributed by atoms with E-state index in [0.29, 0.717) is 12.2 Å². The van der Waals surface area contributed by atoms with Crippen molar-refractivity contribution in [2.24, 2.45) is 0 Å². The van der Waals surface area contributed by atoms with E-state index < -0.39 is 24.9 Å². The average Bonchev–Trinajstić information content (AvgIpc) is 2.49. The minimum atomic E-state index is -4.66. The smallest absolute Gasteiger partial charge is 0.382 e. The molecule has 0 saturated carbocycles. The summed E-state index contributed by atoms with van der Waals surface area (Å²) in [6, 6.07) is 8.12. The number of hydrogen-bond acceptors (Lipinski definition) is 4. The molecular weight excluding hydrogens is 299 g/mol. The van der Waals surface area contributed by atoms with Gasteiger partial charge in [0.2, 0.25) is 0 Å². The number of nitrogens with zero attached hydrogens (tertiary/aromatic N) is 1. The van der Waals surface area contributed by atoms with Gasteiger partial charge in [0.05, 0.1) is 13.2 Å². The van der Waals surface area contributed by atoms with Crippen molar-refractivity contribution in [3.05, 3.63) is 35.9 Å². The molecule has 1 aliphatic rings. The largest absolute Gasteiger partial charge is 0.415 e. The van der Waals surface area contributed by atoms with Gasteiger partial charge in [0, 0.05) is 31.1 Å². The molecule has 0 spiro atoms. The fraction of sp³-hybridized carbons (Fsp3) is 0.533. The average molecular weight is 317 g/mol. The second-order valence-electron chi connectivity index (χ2n) is 5.27. The number of ketones is 1. The van der Waals surface area contributed by atoms with Crippen molar-refractivity contribution >= 4 is 5.78 Å². The Kier molecular flexibility index (Phi) is 5.55. The first-order valence-electron chi connectivity index (χ1n) is 7.02. The number of aliphatic hydroxyl groups is 1. The molecule has 122 valence electrons. The number of carbonyl (C=O) groups excluding carboxylic acids is 1. The quantitative estimate of drug-likeness (QED) is 0.843. The number of carbonyl (C=O) groups is 1. The molecule has 0 aromatic heterocycles. The summed E-state index contributed by atoms with van der Waals surface area (Å²) in [6.07, 6.45) is -7.01. The van der Waals surface area contributed by atoms with Gasteiger partial charge in [-0.2, -0.15) is 13.2 Å². The van der Waals surface area contributed by atoms with E-state index in [1.807, 2.05) is 0 Å². The Morgan fingerprint density at radius 2 is 2.05 bits per heavy atom. The standard InChI is InChI=1S/C15H18F3NO3/c16-15(17,18)14(21)9-19-6-7-22-10-12(19)8-13(20)11-4-2-1-3-5-11/h1-5,12,14,21H,6-10H2/t12-,14+/m0/s1. The molecule has 0 radical (unpaired) electrons. The molecule has 2 rings (SSSR count). The van der Waals surface area contributed by atoms with Crippen molar-refractivity contribution in [2.75, 3.05) is 26.3 Å². The van der Waals surface area contributed by atoms with Crippen LogP contribution in [0.15, 0.2) is 30.3 Å². The number of β-amino-alcohol motifs (C(OH)–C–C–N with tert-alkyl or cyclic N) is 1. The van der Waals surface area contributed by atoms with Crippen molar-refractivity contribution < 1.29 is 27.8 Å². The summed E-state index contributed by atoms with van der Waals surface area (Å²) < 4.78 is 42.7. The lowest BCUT2D eigenvalue weighted by Gasteiger charge is -2.36. The number of rotatable bonds is 5. The van der Waals surface area contributed by atoms with Gasteiger partial charge in [-0.3, -0.25) is 9.69 Å². The van der Waals surface area contributed by atoms with Gasteiger partial charge in [-0.1, -0.05) is 30.3 Å². The summed E-state index contributed by atoms with van der Waals surface area (Å²) >= 11 is 0. The number of aliphatic hydroxyl groups excluding tert-OH is 1. The molecule has 2 atom stereocenters. The summed E-state index contributed by atoms with van der Waals surface area (Å²) in [7, 11) is 0. The Hall–Kier alpha value is -1.44. The minimum Gasteiger partial charge on any atom is -0.382 e. The lowest BCUT2D eigenvalue weighted by molar-refractivity contribution is -0.212. The zero-order chi connectivity index (χ0) is 16.2. The van der Waals surface area contributed by atoms with E-state index in [2.05, 4.69) is 0 Å². The zero-order valence-electron chi connectivity index (χ0n) is 11.9. The molecule has 4 nitrogen and oxygen atoms in total. The highest BCUT2D eigenvalue weighted by atomic mass is 19.4. The molecule has 1 saturated heterocycles. The normalized spacial score (nSPS) is 21.5. The lowest BCUT2D eigenvalue weighted by Crippen LogP contribution is -2.51. The van der Waals surface area contributed by atoms with Gasteiger partial charge in [0.15, 0.2) is 11.9 Å². The van der Waals surface area contributed by atoms with Gasteiger partial charge < -0.3 is 9.84 Å². The molecule has 1 aromatic carbocycles. The number of halogens is 3. The van der Waals surface area contributed by atoms with E-state index in [-0.39, 0.29) is 25.4 Å². The highest BCUT2D eigenvalue weighted by Crippen LogP contribution is 2.23. The molecule has 7 heteroatoms. The number of morpholine rings is 1. The highest BCUT2D eigenvalue weighted by molar-refractivity contribution is 5.96. The van der Waals surface area contributed by atoms with Crippen LogP contribution in [-0.4, -0.2) is 60.4 Å². The lowest BCUT2D eigenvalue weighted by atomic mass is 10.0. The van der Waals surface area contributed by atoms with Crippen LogP contribution in [0.25, 0.3) is 0 Å². The Balaban J connectivity index is 1.99. The van der Waals surface area contributed by atoms with E-state index in [4.69, 9.17) is 4.74 Å². The number of hydrogen-bond donors (Lipinski definition) is 1. The summed E-state index contributed by atoms with van der Waals surface area (Å²) in [5, 5.41) is 9.21. The molecule has 22 heavy (non-hydrogen) atoms. The van der Waals surface area contributed by atoms with Gasteiger partial charge in [-0.15, -0.1) is 0 Å². The Morgan fingerprint density at radius 3 is 2.68 bits per heavy atom. The summed E-state index contributed by atoms with van der Waals surface area (Å²) in [4.78, 5) is 13.6. The van der Waals surface area contributed by atoms with E-state index in [1.165, 1.54) is 4.90 Å². The Morgan fingerprint density at radius 1 is 1.36 bits per heavy atom. The van der Waals surface area contributed by atoms with E-state index >= 15 is 0 Å². The van der Waals surface area contributed by atoms with Crippen LogP contribution in [-0.2, 0) is 4.74 Å². The summed E-state index contributed by atoms with van der Waals surface area (Å²) in [5.74, 6) is -0.150. The van der Waals surface area contributed by atoms with Gasteiger partial charge in [0.1, 0.15) is 0 Å². The molecular formula is C15H18F3NO3. The van der Waals surface area contributed by atoms with Crippen molar-refractivity contribution in [3.63, 3.8) is 0 Å². The Bertz CT molecular complexity index is 493. The molecule has 1 fully saturated rings. The van der Waals surface area contributed by atoms with Crippen LogP contribution < -0.4 is 0 Å². The molecule has 0 amide bonds. The fourth-order valence-electron chi connectivity index (χ4n) is 2.40. The number of Topliss-reactive ketones (excluding diaryl/α,β-unsaturated/α-hetero) is 1. The van der Waals surface area contributed by atoms with E-state index in [1.54, 1.807) is 30.3 Å². The van der Waals surface area contributed by atoms with E-state index in [0.717, 1.165) is 0 Å². The summed E-state index contributed by atoms with van der Waals surface area (Å²) in [6.45, 7) is 0.198. The van der Waals surface area contributed by atoms with Crippen LogP contribution in [0.3, 0.4) is 0 Å². The zero-order valence-corrected chi connectivity index (χ0v) is 11.9. The molecule has 1 N–H and O–H groups in total. The van der Waals surface area contributed by atoms with Gasteiger partial charge in [-0.25, -0.2) is 0 Å². The van der Waals surface area contributed by atoms with Crippen molar-refractivity contribution in [3.8, 4) is 0 Å². The second kappa shape index (κ2) is 7.21. The van der Waals surface area contributed by atoms with Crippen LogP contribution in [0, 0.1) is 0 Å². The SMILES string of the molecule is O=C(C[C@H]1COCCN1C[C@@H](O)C(F)(F)F)c1ccccc1. The fourth-order valence-corrected chi connectivity index (χ4v) is 2.40. The molecule has 1 heterocycles. The topological polar surface area (TPSA) is 49.8 Å². The molecule has 0 unspecified atom stereocenters. The minimum absolute atomic E-state index is 0.0641. The van der Waals surface area contributed by atoms with Crippen molar-refractivity contribution in [1.29, 1.82) is 0 Å². The molecule has 1 aliphatic heterocycles. The Labute approximate surface area is 126 Å². The van der Waals surface area contributed by atoms with Crippen molar-refractivity contribution in [2.45, 2.75) is 24.7 Å².